The quantitative estimate of drug-likeness (QED) is 0.909. The van der Waals surface area contributed by atoms with Gasteiger partial charge in [-0.25, -0.2) is 0 Å². The lowest BCUT2D eigenvalue weighted by Crippen LogP contribution is -2.43. The number of hydrogen-bond acceptors (Lipinski definition) is 2. The normalized spacial score (nSPS) is 27.0. The molecule has 0 aromatic carbocycles. The van der Waals surface area contributed by atoms with Crippen molar-refractivity contribution < 1.29 is 0 Å². The van der Waals surface area contributed by atoms with Crippen molar-refractivity contribution in [3.8, 4) is 0 Å². The molecule has 2 rings (SSSR count). The van der Waals surface area contributed by atoms with Gasteiger partial charge in [-0.05, 0) is 56.6 Å². The Hall–Kier alpha value is -0.830. The molecule has 0 spiro atoms. The number of nitrogens with one attached hydrogen (secondary N) is 1. The van der Waals surface area contributed by atoms with E-state index >= 15 is 0 Å². The highest BCUT2D eigenvalue weighted by Gasteiger charge is 2.37. The number of hydrogen-bond donors (Lipinski definition) is 1. The van der Waals surface area contributed by atoms with Crippen molar-refractivity contribution in [3.63, 3.8) is 0 Å². The minimum atomic E-state index is 0.393. The average Bonchev–Trinajstić information content (AvgIpc) is 2.88. The summed E-state index contributed by atoms with van der Waals surface area (Å²) < 4.78 is 2.35. The molecule has 1 fully saturated rings. The number of aryl methyl sites for hydroxylation is 2. The highest BCUT2D eigenvalue weighted by atomic mass is 15.3. The van der Waals surface area contributed by atoms with Crippen LogP contribution in [0.1, 0.15) is 71.3 Å². The van der Waals surface area contributed by atoms with Crippen molar-refractivity contribution >= 4 is 0 Å². The largest absolute Gasteiger partial charge is 0.315 e. The zero-order valence-electron chi connectivity index (χ0n) is 14.7. The van der Waals surface area contributed by atoms with E-state index in [0.717, 1.165) is 18.8 Å². The van der Waals surface area contributed by atoms with E-state index in [1.165, 1.54) is 30.7 Å². The van der Waals surface area contributed by atoms with E-state index in [2.05, 4.69) is 57.7 Å². The van der Waals surface area contributed by atoms with Crippen LogP contribution in [0.15, 0.2) is 6.07 Å². The first-order valence-corrected chi connectivity index (χ1v) is 8.65. The molecule has 1 N–H and O–H groups in total. The van der Waals surface area contributed by atoms with Crippen LogP contribution in [0, 0.1) is 11.3 Å². The molecule has 0 saturated heterocycles. The molecule has 21 heavy (non-hydrogen) atoms. The molecule has 3 heteroatoms. The number of nitrogens with zero attached hydrogens (tertiary/aromatic N) is 2. The summed E-state index contributed by atoms with van der Waals surface area (Å²) in [6.07, 6.45) is 5.93. The molecule has 3 atom stereocenters. The predicted octanol–water partition coefficient (Wildman–Crippen LogP) is 3.98. The molecule has 1 aliphatic carbocycles. The van der Waals surface area contributed by atoms with Gasteiger partial charge in [0.25, 0.3) is 0 Å². The van der Waals surface area contributed by atoms with Crippen molar-refractivity contribution in [2.24, 2.45) is 11.3 Å². The van der Waals surface area contributed by atoms with Crippen molar-refractivity contribution in [2.45, 2.75) is 78.8 Å². The van der Waals surface area contributed by atoms with Gasteiger partial charge < -0.3 is 5.32 Å². The first-order valence-electron chi connectivity index (χ1n) is 8.65. The topological polar surface area (TPSA) is 29.9 Å². The molecular formula is C18H33N3. The van der Waals surface area contributed by atoms with Crippen LogP contribution in [-0.2, 0) is 12.8 Å². The van der Waals surface area contributed by atoms with Crippen LogP contribution in [-0.4, -0.2) is 22.9 Å². The van der Waals surface area contributed by atoms with Gasteiger partial charge in [0.1, 0.15) is 0 Å². The Morgan fingerprint density at radius 2 is 1.95 bits per heavy atom. The lowest BCUT2D eigenvalue weighted by molar-refractivity contribution is 0.113. The second kappa shape index (κ2) is 6.51. The van der Waals surface area contributed by atoms with Gasteiger partial charge >= 0.3 is 0 Å². The van der Waals surface area contributed by atoms with E-state index in [9.17, 15) is 0 Å². The Kier molecular flexibility index (Phi) is 5.13. The molecule has 1 saturated carbocycles. The van der Waals surface area contributed by atoms with Gasteiger partial charge in [-0.3, -0.25) is 4.68 Å². The molecule has 120 valence electrons. The van der Waals surface area contributed by atoms with Crippen LogP contribution >= 0.6 is 0 Å². The standard InChI is InChI=1S/C18H33N3/c1-7-14-12-15(8-2)21(20-14)17-11-13(18(3,4)5)9-10-16(17)19-6/h12-13,16-17,19H,7-11H2,1-6H3. The summed E-state index contributed by atoms with van der Waals surface area (Å²) in [6, 6.07) is 3.36. The summed E-state index contributed by atoms with van der Waals surface area (Å²) in [6.45, 7) is 11.6. The molecule has 1 aromatic rings. The molecule has 0 amide bonds. The lowest BCUT2D eigenvalue weighted by Gasteiger charge is -2.42. The summed E-state index contributed by atoms with van der Waals surface area (Å²) in [4.78, 5) is 0. The van der Waals surface area contributed by atoms with Gasteiger partial charge in [0.05, 0.1) is 11.7 Å². The molecule has 1 heterocycles. The minimum absolute atomic E-state index is 0.393. The molecule has 0 radical (unpaired) electrons. The maximum Gasteiger partial charge on any atom is 0.0678 e. The maximum absolute atomic E-state index is 4.91. The third-order valence-corrected chi connectivity index (χ3v) is 5.31. The summed E-state index contributed by atoms with van der Waals surface area (Å²) in [7, 11) is 2.10. The van der Waals surface area contributed by atoms with Crippen LogP contribution in [0.25, 0.3) is 0 Å². The van der Waals surface area contributed by atoms with Crippen LogP contribution < -0.4 is 5.32 Å². The third kappa shape index (κ3) is 3.50. The summed E-state index contributed by atoms with van der Waals surface area (Å²) >= 11 is 0. The second-order valence-corrected chi connectivity index (χ2v) is 7.62. The Morgan fingerprint density at radius 1 is 1.24 bits per heavy atom. The van der Waals surface area contributed by atoms with Gasteiger partial charge in [-0.15, -0.1) is 0 Å². The van der Waals surface area contributed by atoms with Gasteiger partial charge in [0, 0.05) is 11.7 Å². The minimum Gasteiger partial charge on any atom is -0.315 e. The van der Waals surface area contributed by atoms with Crippen LogP contribution in [0.2, 0.25) is 0 Å². The highest BCUT2D eigenvalue weighted by molar-refractivity contribution is 5.12. The molecule has 0 bridgehead atoms. The van der Waals surface area contributed by atoms with Crippen molar-refractivity contribution in [1.82, 2.24) is 15.1 Å². The fourth-order valence-corrected chi connectivity index (χ4v) is 3.75. The second-order valence-electron chi connectivity index (χ2n) is 7.62. The zero-order chi connectivity index (χ0) is 15.6. The van der Waals surface area contributed by atoms with Gasteiger partial charge in [0.15, 0.2) is 0 Å². The molecule has 1 aromatic heterocycles. The van der Waals surface area contributed by atoms with Crippen molar-refractivity contribution in [3.05, 3.63) is 17.5 Å². The average molecular weight is 291 g/mol. The molecule has 0 aliphatic heterocycles. The molecule has 1 aliphatic rings. The van der Waals surface area contributed by atoms with Gasteiger partial charge in [-0.2, -0.15) is 5.10 Å². The molecular weight excluding hydrogens is 258 g/mol. The maximum atomic E-state index is 4.91. The fraction of sp³-hybridized carbons (Fsp3) is 0.833. The Morgan fingerprint density at radius 3 is 2.48 bits per heavy atom. The van der Waals surface area contributed by atoms with Crippen LogP contribution in [0.3, 0.4) is 0 Å². The summed E-state index contributed by atoms with van der Waals surface area (Å²) in [5.74, 6) is 0.783. The fourth-order valence-electron chi connectivity index (χ4n) is 3.75. The summed E-state index contributed by atoms with van der Waals surface area (Å²) in [5.41, 5.74) is 3.02. The molecule has 3 nitrogen and oxygen atoms in total. The van der Waals surface area contributed by atoms with Gasteiger partial charge in [-0.1, -0.05) is 34.6 Å². The first kappa shape index (κ1) is 16.5. The van der Waals surface area contributed by atoms with Crippen molar-refractivity contribution in [1.29, 1.82) is 0 Å². The van der Waals surface area contributed by atoms with E-state index in [0.29, 0.717) is 17.5 Å². The van der Waals surface area contributed by atoms with Crippen LogP contribution in [0.5, 0.6) is 0 Å². The van der Waals surface area contributed by atoms with E-state index in [1.807, 2.05) is 0 Å². The number of likely N-dealkylation sites (N-methyl/N-ethyl adjacent to an activating group) is 1. The summed E-state index contributed by atoms with van der Waals surface area (Å²) in [5, 5.41) is 8.46. The number of rotatable bonds is 4. The lowest BCUT2D eigenvalue weighted by atomic mass is 9.69. The monoisotopic (exact) mass is 291 g/mol. The van der Waals surface area contributed by atoms with Crippen molar-refractivity contribution in [2.75, 3.05) is 7.05 Å². The zero-order valence-corrected chi connectivity index (χ0v) is 14.7. The SMILES string of the molecule is CCc1cc(CC)n(C2CC(C(C)(C)C)CCC2NC)n1. The smallest absolute Gasteiger partial charge is 0.0678 e. The third-order valence-electron chi connectivity index (χ3n) is 5.31. The van der Waals surface area contributed by atoms with E-state index in [-0.39, 0.29) is 0 Å². The van der Waals surface area contributed by atoms with E-state index in [1.54, 1.807) is 0 Å². The Bertz CT molecular complexity index is 456. The number of aromatic nitrogens is 2. The Balaban J connectivity index is 2.30. The molecule has 3 unspecified atom stereocenters. The van der Waals surface area contributed by atoms with Gasteiger partial charge in [0.2, 0.25) is 0 Å². The van der Waals surface area contributed by atoms with Crippen LogP contribution in [0.4, 0.5) is 0 Å². The van der Waals surface area contributed by atoms with E-state index in [4.69, 9.17) is 5.10 Å². The Labute approximate surface area is 130 Å². The van der Waals surface area contributed by atoms with E-state index < -0.39 is 0 Å². The first-order chi connectivity index (χ1) is 9.90. The predicted molar refractivity (Wildman–Crippen MR) is 89.7 cm³/mol. The highest BCUT2D eigenvalue weighted by Crippen LogP contribution is 2.42.